The van der Waals surface area contributed by atoms with Crippen LogP contribution < -0.4 is 15.8 Å². The zero-order valence-electron chi connectivity index (χ0n) is 14.5. The van der Waals surface area contributed by atoms with Crippen LogP contribution in [-0.4, -0.2) is 30.1 Å². The number of pyridine rings is 1. The number of ether oxygens (including phenoxy) is 2. The molecule has 1 amide bonds. The fourth-order valence-electron chi connectivity index (χ4n) is 2.66. The number of amides is 1. The van der Waals surface area contributed by atoms with Crippen LogP contribution in [0.4, 0.5) is 5.69 Å². The lowest BCUT2D eigenvalue weighted by Crippen LogP contribution is -2.43. The molecule has 6 nitrogen and oxygen atoms in total. The lowest BCUT2D eigenvalue weighted by molar-refractivity contribution is -0.119. The summed E-state index contributed by atoms with van der Waals surface area (Å²) in [5, 5.41) is 3.39. The molecule has 1 fully saturated rings. The fourth-order valence-corrected chi connectivity index (χ4v) is 2.78. The molecule has 3 N–H and O–H groups in total. The second-order valence-electron chi connectivity index (χ2n) is 5.91. The number of halogens is 3. The average Bonchev–Trinajstić information content (AvgIpc) is 2.65. The molecule has 1 aliphatic heterocycles. The molecular weight excluding hydrogens is 413 g/mol. The second-order valence-corrected chi connectivity index (χ2v) is 6.34. The molecule has 2 aromatic rings. The van der Waals surface area contributed by atoms with E-state index in [-0.39, 0.29) is 36.6 Å². The molecule has 1 aromatic carbocycles. The van der Waals surface area contributed by atoms with E-state index in [0.717, 1.165) is 12.8 Å². The highest BCUT2D eigenvalue weighted by Crippen LogP contribution is 2.23. The molecule has 1 atom stereocenters. The third-order valence-corrected chi connectivity index (χ3v) is 4.34. The standard InChI is InChI=1S/C18H20ClN3O3.2ClH/c19-13-1-6-16(21-11-13)25-15-4-2-14(3-5-15)22-18(23)17(20)12-7-9-24-10-8-12;;/h1-6,11-12,17H,7-10,20H2,(H,22,23);2*1H. The van der Waals surface area contributed by atoms with Crippen molar-refractivity contribution in [2.75, 3.05) is 18.5 Å². The van der Waals surface area contributed by atoms with Crippen molar-refractivity contribution in [3.05, 3.63) is 47.6 Å². The number of carbonyl (C=O) groups excluding carboxylic acids is 1. The maximum atomic E-state index is 12.3. The van der Waals surface area contributed by atoms with Gasteiger partial charge in [-0.25, -0.2) is 4.98 Å². The number of rotatable bonds is 5. The SMILES string of the molecule is Cl.Cl.NC(C(=O)Nc1ccc(Oc2ccc(Cl)cn2)cc1)C1CCOCC1. The Morgan fingerprint density at radius 1 is 1.19 bits per heavy atom. The maximum absolute atomic E-state index is 12.3. The Morgan fingerprint density at radius 3 is 2.44 bits per heavy atom. The maximum Gasteiger partial charge on any atom is 0.241 e. The number of nitrogens with two attached hydrogens (primary N) is 1. The molecule has 9 heteroatoms. The first-order valence-electron chi connectivity index (χ1n) is 8.15. The summed E-state index contributed by atoms with van der Waals surface area (Å²) in [4.78, 5) is 16.4. The Hall–Kier alpha value is -1.57. The minimum absolute atomic E-state index is 0. The van der Waals surface area contributed by atoms with Crippen LogP contribution in [0.25, 0.3) is 0 Å². The van der Waals surface area contributed by atoms with Gasteiger partial charge in [0.05, 0.1) is 11.1 Å². The molecule has 0 spiro atoms. The summed E-state index contributed by atoms with van der Waals surface area (Å²) in [6.07, 6.45) is 3.15. The molecule has 1 aromatic heterocycles. The summed E-state index contributed by atoms with van der Waals surface area (Å²) in [7, 11) is 0. The van der Waals surface area contributed by atoms with Crippen LogP contribution in [-0.2, 0) is 9.53 Å². The van der Waals surface area contributed by atoms with Crippen molar-refractivity contribution < 1.29 is 14.3 Å². The molecule has 0 radical (unpaired) electrons. The summed E-state index contributed by atoms with van der Waals surface area (Å²) < 4.78 is 10.9. The summed E-state index contributed by atoms with van der Waals surface area (Å²) in [6, 6.07) is 9.90. The van der Waals surface area contributed by atoms with Crippen molar-refractivity contribution in [3.8, 4) is 11.6 Å². The molecule has 0 aliphatic carbocycles. The highest BCUT2D eigenvalue weighted by molar-refractivity contribution is 6.30. The minimum Gasteiger partial charge on any atom is -0.439 e. The van der Waals surface area contributed by atoms with Crippen LogP contribution in [0.15, 0.2) is 42.6 Å². The summed E-state index contributed by atoms with van der Waals surface area (Å²) in [6.45, 7) is 1.33. The monoisotopic (exact) mass is 433 g/mol. The van der Waals surface area contributed by atoms with E-state index in [9.17, 15) is 4.79 Å². The number of nitrogens with zero attached hydrogens (tertiary/aromatic N) is 1. The topological polar surface area (TPSA) is 86.5 Å². The van der Waals surface area contributed by atoms with Crippen LogP contribution in [0, 0.1) is 5.92 Å². The van der Waals surface area contributed by atoms with Crippen molar-refractivity contribution in [1.82, 2.24) is 4.98 Å². The summed E-state index contributed by atoms with van der Waals surface area (Å²) in [5.74, 6) is 1.04. The van der Waals surface area contributed by atoms with Gasteiger partial charge in [0, 0.05) is 31.2 Å². The van der Waals surface area contributed by atoms with Crippen molar-refractivity contribution in [2.24, 2.45) is 11.7 Å². The zero-order valence-corrected chi connectivity index (χ0v) is 16.9. The van der Waals surface area contributed by atoms with Gasteiger partial charge in [-0.1, -0.05) is 11.6 Å². The van der Waals surface area contributed by atoms with Gasteiger partial charge in [0.2, 0.25) is 11.8 Å². The molecule has 148 valence electrons. The molecule has 3 rings (SSSR count). The lowest BCUT2D eigenvalue weighted by Gasteiger charge is -2.26. The first-order chi connectivity index (χ1) is 12.1. The fraction of sp³-hybridized carbons (Fsp3) is 0.333. The van der Waals surface area contributed by atoms with Crippen molar-refractivity contribution in [2.45, 2.75) is 18.9 Å². The van der Waals surface area contributed by atoms with Crippen molar-refractivity contribution in [1.29, 1.82) is 0 Å². The molecular formula is C18H22Cl3N3O3. The van der Waals surface area contributed by atoms with Crippen LogP contribution in [0.3, 0.4) is 0 Å². The van der Waals surface area contributed by atoms with Crippen LogP contribution >= 0.6 is 36.4 Å². The molecule has 0 saturated carbocycles. The normalized spacial score (nSPS) is 15.0. The Labute approximate surface area is 175 Å². The predicted octanol–water partition coefficient (Wildman–Crippen LogP) is 4.06. The number of hydrogen-bond donors (Lipinski definition) is 2. The number of carbonyl (C=O) groups is 1. The van der Waals surface area contributed by atoms with Crippen LogP contribution in [0.5, 0.6) is 11.6 Å². The zero-order chi connectivity index (χ0) is 17.6. The van der Waals surface area contributed by atoms with Gasteiger partial charge in [0.15, 0.2) is 0 Å². The lowest BCUT2D eigenvalue weighted by atomic mass is 9.92. The number of aromatic nitrogens is 1. The highest BCUT2D eigenvalue weighted by atomic mass is 35.5. The van der Waals surface area contributed by atoms with Gasteiger partial charge in [-0.3, -0.25) is 4.79 Å². The Morgan fingerprint density at radius 2 is 1.85 bits per heavy atom. The van der Waals surface area contributed by atoms with Gasteiger partial charge in [0.25, 0.3) is 0 Å². The summed E-state index contributed by atoms with van der Waals surface area (Å²) >= 11 is 5.79. The quantitative estimate of drug-likeness (QED) is 0.741. The summed E-state index contributed by atoms with van der Waals surface area (Å²) in [5.41, 5.74) is 6.74. The second kappa shape index (κ2) is 11.3. The van der Waals surface area contributed by atoms with Gasteiger partial charge < -0.3 is 20.5 Å². The van der Waals surface area contributed by atoms with E-state index >= 15 is 0 Å². The highest BCUT2D eigenvalue weighted by Gasteiger charge is 2.26. The van der Waals surface area contributed by atoms with Crippen molar-refractivity contribution >= 4 is 48.0 Å². The predicted molar refractivity (Wildman–Crippen MR) is 110 cm³/mol. The molecule has 0 bridgehead atoms. The number of nitrogens with one attached hydrogen (secondary N) is 1. The van der Waals surface area contributed by atoms with E-state index in [0.29, 0.717) is 35.6 Å². The third kappa shape index (κ3) is 6.83. The largest absolute Gasteiger partial charge is 0.439 e. The van der Waals surface area contributed by atoms with E-state index in [4.69, 9.17) is 26.8 Å². The average molecular weight is 435 g/mol. The number of anilines is 1. The first kappa shape index (κ1) is 23.5. The van der Waals surface area contributed by atoms with Crippen molar-refractivity contribution in [3.63, 3.8) is 0 Å². The van der Waals surface area contributed by atoms with Gasteiger partial charge >= 0.3 is 0 Å². The minimum atomic E-state index is -0.530. The van der Waals surface area contributed by atoms with E-state index in [1.807, 2.05) is 0 Å². The molecule has 1 unspecified atom stereocenters. The van der Waals surface area contributed by atoms with Gasteiger partial charge in [-0.15, -0.1) is 24.8 Å². The molecule has 27 heavy (non-hydrogen) atoms. The van der Waals surface area contributed by atoms with Gasteiger partial charge in [-0.05, 0) is 49.1 Å². The third-order valence-electron chi connectivity index (χ3n) is 4.12. The van der Waals surface area contributed by atoms with Crippen LogP contribution in [0.1, 0.15) is 12.8 Å². The van der Waals surface area contributed by atoms with E-state index < -0.39 is 6.04 Å². The van der Waals surface area contributed by atoms with E-state index in [2.05, 4.69) is 10.3 Å². The Balaban J connectivity index is 0.00000182. The smallest absolute Gasteiger partial charge is 0.241 e. The number of hydrogen-bond acceptors (Lipinski definition) is 5. The molecule has 1 aliphatic rings. The van der Waals surface area contributed by atoms with E-state index in [1.54, 1.807) is 36.4 Å². The van der Waals surface area contributed by atoms with Gasteiger partial charge in [-0.2, -0.15) is 0 Å². The van der Waals surface area contributed by atoms with E-state index in [1.165, 1.54) is 6.20 Å². The Kier molecular flexibility index (Phi) is 9.83. The number of benzene rings is 1. The molecule has 1 saturated heterocycles. The molecule has 2 heterocycles. The first-order valence-corrected chi connectivity index (χ1v) is 8.53. The van der Waals surface area contributed by atoms with Crippen LogP contribution in [0.2, 0.25) is 5.02 Å². The van der Waals surface area contributed by atoms with Gasteiger partial charge in [0.1, 0.15) is 5.75 Å². The Bertz CT molecular complexity index is 708.